The van der Waals surface area contributed by atoms with Gasteiger partial charge < -0.3 is 9.73 Å². The van der Waals surface area contributed by atoms with Crippen LogP contribution in [-0.4, -0.2) is 14.3 Å². The number of nitrogens with two attached hydrogens (primary N) is 1. The zero-order chi connectivity index (χ0) is 13.9. The number of hydrogen-bond acceptors (Lipinski definition) is 4. The molecule has 0 bridgehead atoms. The van der Waals surface area contributed by atoms with Gasteiger partial charge in [0, 0.05) is 0 Å². The van der Waals surface area contributed by atoms with Crippen LogP contribution in [-0.2, 0) is 16.6 Å². The lowest BCUT2D eigenvalue weighted by molar-refractivity contribution is 0.0944. The Morgan fingerprint density at radius 3 is 2.58 bits per heavy atom. The molecule has 0 saturated heterocycles. The number of hydrogen-bond donors (Lipinski definition) is 2. The fourth-order valence-electron chi connectivity index (χ4n) is 1.58. The summed E-state index contributed by atoms with van der Waals surface area (Å²) in [5.74, 6) is 0.0439. The fourth-order valence-corrected chi connectivity index (χ4v) is 2.31. The highest BCUT2D eigenvalue weighted by Gasteiger charge is 2.18. The van der Waals surface area contributed by atoms with Crippen molar-refractivity contribution < 1.29 is 17.6 Å². The van der Waals surface area contributed by atoms with Gasteiger partial charge in [-0.1, -0.05) is 12.1 Å². The topological polar surface area (TPSA) is 102 Å². The molecule has 1 aromatic heterocycles. The lowest BCUT2D eigenvalue weighted by atomic mass is 10.2. The number of carbonyl (C=O) groups excluding carboxylic acids is 1. The van der Waals surface area contributed by atoms with Gasteiger partial charge in [0.15, 0.2) is 0 Å². The zero-order valence-electron chi connectivity index (χ0n) is 9.87. The zero-order valence-corrected chi connectivity index (χ0v) is 10.7. The van der Waals surface area contributed by atoms with Crippen LogP contribution in [0, 0.1) is 0 Å². The third-order valence-electron chi connectivity index (χ3n) is 2.44. The van der Waals surface area contributed by atoms with Crippen molar-refractivity contribution in [1.29, 1.82) is 0 Å². The second-order valence-electron chi connectivity index (χ2n) is 3.80. The molecule has 1 heterocycles. The van der Waals surface area contributed by atoms with E-state index in [0.29, 0.717) is 5.76 Å². The maximum Gasteiger partial charge on any atom is 0.253 e. The highest BCUT2D eigenvalue weighted by Crippen LogP contribution is 2.13. The first-order chi connectivity index (χ1) is 8.98. The van der Waals surface area contributed by atoms with E-state index in [1.165, 1.54) is 24.5 Å². The fraction of sp³-hybridized carbons (Fsp3) is 0.0833. The number of nitrogens with one attached hydrogen (secondary N) is 1. The van der Waals surface area contributed by atoms with E-state index in [9.17, 15) is 13.2 Å². The number of furan rings is 1. The van der Waals surface area contributed by atoms with Crippen LogP contribution in [0.15, 0.2) is 52.0 Å². The van der Waals surface area contributed by atoms with Crippen LogP contribution < -0.4 is 10.5 Å². The Balaban J connectivity index is 2.20. The summed E-state index contributed by atoms with van der Waals surface area (Å²) in [6.45, 7) is 0.171. The van der Waals surface area contributed by atoms with Crippen LogP contribution >= 0.6 is 0 Å². The van der Waals surface area contributed by atoms with E-state index in [1.807, 2.05) is 0 Å². The van der Waals surface area contributed by atoms with Gasteiger partial charge in [0.2, 0.25) is 10.0 Å². The number of primary sulfonamides is 1. The Kier molecular flexibility index (Phi) is 3.68. The summed E-state index contributed by atoms with van der Waals surface area (Å²) in [7, 11) is -3.93. The minimum Gasteiger partial charge on any atom is -0.467 e. The molecule has 0 unspecified atom stereocenters. The van der Waals surface area contributed by atoms with Crippen LogP contribution in [0.25, 0.3) is 0 Å². The Labute approximate surface area is 110 Å². The molecule has 1 aromatic carbocycles. The Hall–Kier alpha value is -2.12. The minimum atomic E-state index is -3.93. The van der Waals surface area contributed by atoms with Gasteiger partial charge in [0.25, 0.3) is 5.91 Å². The molecule has 1 amide bonds. The van der Waals surface area contributed by atoms with E-state index < -0.39 is 15.9 Å². The predicted octanol–water partition coefficient (Wildman–Crippen LogP) is 0.857. The Bertz CT molecular complexity index is 678. The molecule has 0 aliphatic heterocycles. The monoisotopic (exact) mass is 280 g/mol. The largest absolute Gasteiger partial charge is 0.467 e. The molecule has 0 spiro atoms. The third-order valence-corrected chi connectivity index (χ3v) is 3.41. The van der Waals surface area contributed by atoms with E-state index >= 15 is 0 Å². The smallest absolute Gasteiger partial charge is 0.253 e. The van der Waals surface area contributed by atoms with Crippen molar-refractivity contribution in [1.82, 2.24) is 5.32 Å². The van der Waals surface area contributed by atoms with Crippen molar-refractivity contribution >= 4 is 15.9 Å². The first-order valence-corrected chi connectivity index (χ1v) is 6.95. The van der Waals surface area contributed by atoms with Crippen LogP contribution in [0.3, 0.4) is 0 Å². The number of carbonyl (C=O) groups is 1. The van der Waals surface area contributed by atoms with Gasteiger partial charge in [0.05, 0.1) is 23.3 Å². The van der Waals surface area contributed by atoms with Crippen molar-refractivity contribution in [3.63, 3.8) is 0 Å². The second kappa shape index (κ2) is 5.25. The molecular formula is C12H12N2O4S. The average molecular weight is 280 g/mol. The molecule has 0 atom stereocenters. The molecular weight excluding hydrogens is 268 g/mol. The third kappa shape index (κ3) is 3.21. The van der Waals surface area contributed by atoms with Crippen molar-refractivity contribution in [2.24, 2.45) is 5.14 Å². The number of amides is 1. The highest BCUT2D eigenvalue weighted by molar-refractivity contribution is 7.89. The Morgan fingerprint density at radius 1 is 1.21 bits per heavy atom. The lowest BCUT2D eigenvalue weighted by Gasteiger charge is -2.07. The van der Waals surface area contributed by atoms with Crippen LogP contribution in [0.2, 0.25) is 0 Å². The maximum atomic E-state index is 11.9. The SMILES string of the molecule is NS(=O)(=O)c1ccccc1C(=O)NCc1ccco1. The summed E-state index contributed by atoms with van der Waals surface area (Å²) in [4.78, 5) is 11.7. The summed E-state index contributed by atoms with van der Waals surface area (Å²) in [5, 5.41) is 7.62. The molecule has 0 aliphatic rings. The van der Waals surface area contributed by atoms with Crippen molar-refractivity contribution in [3.05, 3.63) is 54.0 Å². The summed E-state index contributed by atoms with van der Waals surface area (Å²) in [5.41, 5.74) is 0.0107. The predicted molar refractivity (Wildman–Crippen MR) is 67.7 cm³/mol. The Morgan fingerprint density at radius 2 is 1.95 bits per heavy atom. The first-order valence-electron chi connectivity index (χ1n) is 5.41. The molecule has 0 aliphatic carbocycles. The number of rotatable bonds is 4. The molecule has 0 saturated carbocycles. The molecule has 3 N–H and O–H groups in total. The van der Waals surface area contributed by atoms with Crippen LogP contribution in [0.4, 0.5) is 0 Å². The minimum absolute atomic E-state index is 0.0107. The van der Waals surface area contributed by atoms with E-state index in [-0.39, 0.29) is 17.0 Å². The molecule has 2 rings (SSSR count). The molecule has 2 aromatic rings. The molecule has 100 valence electrons. The van der Waals surface area contributed by atoms with Crippen molar-refractivity contribution in [3.8, 4) is 0 Å². The summed E-state index contributed by atoms with van der Waals surface area (Å²) < 4.78 is 27.8. The number of benzene rings is 1. The van der Waals surface area contributed by atoms with E-state index in [4.69, 9.17) is 9.56 Å². The van der Waals surface area contributed by atoms with E-state index in [2.05, 4.69) is 5.32 Å². The lowest BCUT2D eigenvalue weighted by Crippen LogP contribution is -2.26. The second-order valence-corrected chi connectivity index (χ2v) is 5.33. The van der Waals surface area contributed by atoms with Gasteiger partial charge in [0.1, 0.15) is 5.76 Å². The van der Waals surface area contributed by atoms with Gasteiger partial charge in [-0.05, 0) is 24.3 Å². The summed E-state index contributed by atoms with van der Waals surface area (Å²) >= 11 is 0. The molecule has 19 heavy (non-hydrogen) atoms. The highest BCUT2D eigenvalue weighted by atomic mass is 32.2. The quantitative estimate of drug-likeness (QED) is 0.866. The van der Waals surface area contributed by atoms with Crippen LogP contribution in [0.5, 0.6) is 0 Å². The molecule has 0 radical (unpaired) electrons. The average Bonchev–Trinajstić information content (AvgIpc) is 2.88. The van der Waals surface area contributed by atoms with Gasteiger partial charge in [-0.2, -0.15) is 0 Å². The summed E-state index contributed by atoms with van der Waals surface area (Å²) in [6, 6.07) is 9.15. The van der Waals surface area contributed by atoms with Crippen LogP contribution in [0.1, 0.15) is 16.1 Å². The molecule has 7 heteroatoms. The van der Waals surface area contributed by atoms with Gasteiger partial charge >= 0.3 is 0 Å². The van der Waals surface area contributed by atoms with Gasteiger partial charge in [-0.15, -0.1) is 0 Å². The maximum absolute atomic E-state index is 11.9. The van der Waals surface area contributed by atoms with E-state index in [0.717, 1.165) is 0 Å². The summed E-state index contributed by atoms with van der Waals surface area (Å²) in [6.07, 6.45) is 1.49. The first kappa shape index (κ1) is 13.3. The standard InChI is InChI=1S/C12H12N2O4S/c13-19(16,17)11-6-2-1-5-10(11)12(15)14-8-9-4-3-7-18-9/h1-7H,8H2,(H,14,15)(H2,13,16,17). The van der Waals surface area contributed by atoms with Crippen molar-refractivity contribution in [2.75, 3.05) is 0 Å². The van der Waals surface area contributed by atoms with Gasteiger partial charge in [-0.3, -0.25) is 4.79 Å². The molecule has 0 fully saturated rings. The molecule has 6 nitrogen and oxygen atoms in total. The van der Waals surface area contributed by atoms with E-state index in [1.54, 1.807) is 18.2 Å². The van der Waals surface area contributed by atoms with Crippen molar-refractivity contribution in [2.45, 2.75) is 11.4 Å². The normalized spacial score (nSPS) is 11.2. The van der Waals surface area contributed by atoms with Gasteiger partial charge in [-0.25, -0.2) is 13.6 Å². The number of sulfonamides is 1.